The Morgan fingerprint density at radius 1 is 0.650 bits per heavy atom. The van der Waals surface area contributed by atoms with Crippen molar-refractivity contribution in [3.63, 3.8) is 0 Å². The number of anilines is 2. The van der Waals surface area contributed by atoms with Crippen LogP contribution < -0.4 is 26.2 Å². The molecule has 308 valence electrons. The van der Waals surface area contributed by atoms with Crippen LogP contribution in [0.3, 0.4) is 0 Å². The van der Waals surface area contributed by atoms with Crippen molar-refractivity contribution in [1.82, 2.24) is 40.1 Å². The van der Waals surface area contributed by atoms with Gasteiger partial charge in [-0.25, -0.2) is 19.9 Å². The van der Waals surface area contributed by atoms with E-state index < -0.39 is 5.97 Å². The van der Waals surface area contributed by atoms with Gasteiger partial charge >= 0.3 is 5.97 Å². The van der Waals surface area contributed by atoms with Crippen LogP contribution in [0.4, 0.5) is 11.6 Å². The Kier molecular flexibility index (Phi) is 15.7. The average molecular weight is 831 g/mol. The molecular weight excluding hydrogens is 788 g/mol. The highest BCUT2D eigenvalue weighted by Crippen LogP contribution is 2.16. The number of carboxylic acid groups (broad SMARTS) is 1. The molecule has 4 aromatic heterocycles. The lowest BCUT2D eigenvalue weighted by Crippen LogP contribution is -2.49. The summed E-state index contributed by atoms with van der Waals surface area (Å²) in [4.78, 5) is 75.4. The van der Waals surface area contributed by atoms with Crippen molar-refractivity contribution in [2.75, 3.05) is 62.2 Å². The molecule has 0 spiro atoms. The van der Waals surface area contributed by atoms with Crippen molar-refractivity contribution in [2.24, 2.45) is 0 Å². The highest BCUT2D eigenvalue weighted by Gasteiger charge is 2.22. The number of H-pyrrole nitrogens is 2. The van der Waals surface area contributed by atoms with Crippen LogP contribution in [0, 0.1) is 22.7 Å². The maximum absolute atomic E-state index is 12.6. The van der Waals surface area contributed by atoms with Gasteiger partial charge in [-0.3, -0.25) is 19.2 Å². The third-order valence-electron chi connectivity index (χ3n) is 9.63. The van der Waals surface area contributed by atoms with Crippen molar-refractivity contribution >= 4 is 57.7 Å². The number of nitrogens with one attached hydrogen (secondary N) is 3. The van der Waals surface area contributed by atoms with Crippen LogP contribution in [0.5, 0.6) is 0 Å². The number of fused-ring (bicyclic) bond motifs is 2. The fourth-order valence-corrected chi connectivity index (χ4v) is 6.47. The van der Waals surface area contributed by atoms with Crippen molar-refractivity contribution in [3.05, 3.63) is 129 Å². The summed E-state index contributed by atoms with van der Waals surface area (Å²) in [6, 6.07) is 25.6. The lowest BCUT2D eigenvalue weighted by atomic mass is 10.2. The molecule has 4 N–H and O–H groups in total. The largest absolute Gasteiger partial charge is 0.481 e. The van der Waals surface area contributed by atoms with E-state index in [2.05, 4.69) is 57.2 Å². The number of hydrogen-bond donors (Lipinski definition) is 4. The Bertz CT molecular complexity index is 2590. The zero-order chi connectivity index (χ0) is 41.6. The number of pyridine rings is 2. The second-order valence-corrected chi connectivity index (χ2v) is 13.6. The number of aromatic amines is 2. The smallest absolute Gasteiger partial charge is 0.303 e. The Balaban J connectivity index is 0.000000186. The summed E-state index contributed by atoms with van der Waals surface area (Å²) in [6.07, 6.45) is 4.07. The van der Waals surface area contributed by atoms with Crippen molar-refractivity contribution < 1.29 is 14.7 Å². The van der Waals surface area contributed by atoms with E-state index in [4.69, 9.17) is 15.6 Å². The first-order chi connectivity index (χ1) is 28.7. The lowest BCUT2D eigenvalue weighted by Gasteiger charge is -2.35. The molecule has 0 unspecified atom stereocenters. The second kappa shape index (κ2) is 21.5. The molecule has 2 aromatic carbocycles. The Morgan fingerprint density at radius 3 is 1.57 bits per heavy atom. The van der Waals surface area contributed by atoms with E-state index in [1.165, 1.54) is 0 Å². The summed E-state index contributed by atoms with van der Waals surface area (Å²) in [7, 11) is 0. The number of aryl methyl sites for hydroxylation is 2. The van der Waals surface area contributed by atoms with E-state index in [9.17, 15) is 19.2 Å². The van der Waals surface area contributed by atoms with Gasteiger partial charge in [0.1, 0.15) is 35.4 Å². The van der Waals surface area contributed by atoms with E-state index in [0.29, 0.717) is 83.6 Å². The van der Waals surface area contributed by atoms with E-state index in [-0.39, 0.29) is 42.3 Å². The van der Waals surface area contributed by atoms with Gasteiger partial charge in [-0.05, 0) is 48.5 Å². The molecule has 1 amide bonds. The van der Waals surface area contributed by atoms with Gasteiger partial charge in [-0.2, -0.15) is 10.5 Å². The molecule has 0 radical (unpaired) electrons. The quantitative estimate of drug-likeness (QED) is 0.172. The van der Waals surface area contributed by atoms with E-state index in [1.54, 1.807) is 60.9 Å². The zero-order valence-electron chi connectivity index (χ0n) is 32.6. The molecule has 0 aliphatic carbocycles. The molecule has 2 fully saturated rings. The number of benzene rings is 2. The zero-order valence-corrected chi connectivity index (χ0v) is 33.4. The van der Waals surface area contributed by atoms with E-state index in [0.717, 1.165) is 37.8 Å². The number of aliphatic carboxylic acids is 1. The number of piperazine rings is 2. The SMILES string of the molecule is Cl.N#Cc1ccc(N2CCN(C(=O)CCc3nc4ccccc4c(=O)[nH]3)CC2)nc1.N#Cc1ccc(N2CCNCC2)nc1.O=C(O)CCc1nc2ccccc2c(=O)[nH]1. The number of hydrogen-bond acceptors (Lipinski definition) is 13. The first kappa shape index (κ1) is 43.9. The minimum atomic E-state index is -0.907. The van der Waals surface area contributed by atoms with Crippen LogP contribution in [0.15, 0.2) is 94.8 Å². The minimum Gasteiger partial charge on any atom is -0.481 e. The number of carbonyl (C=O) groups excluding carboxylic acids is 1. The van der Waals surface area contributed by atoms with Crippen LogP contribution in [-0.4, -0.2) is 104 Å². The summed E-state index contributed by atoms with van der Waals surface area (Å²) >= 11 is 0. The summed E-state index contributed by atoms with van der Waals surface area (Å²) < 4.78 is 0. The van der Waals surface area contributed by atoms with Crippen LogP contribution in [0.1, 0.15) is 35.6 Å². The average Bonchev–Trinajstić information content (AvgIpc) is 3.28. The molecular formula is C42H43ClN12O5. The molecule has 2 saturated heterocycles. The third kappa shape index (κ3) is 11.9. The van der Waals surface area contributed by atoms with Crippen LogP contribution in [-0.2, 0) is 22.4 Å². The topological polar surface area (TPSA) is 241 Å². The molecule has 0 saturated carbocycles. The molecule has 6 aromatic rings. The Hall–Kier alpha value is -7.21. The predicted molar refractivity (Wildman–Crippen MR) is 228 cm³/mol. The van der Waals surface area contributed by atoms with E-state index in [1.807, 2.05) is 29.2 Å². The molecule has 0 bridgehead atoms. The van der Waals surface area contributed by atoms with Gasteiger partial charge < -0.3 is 35.1 Å². The lowest BCUT2D eigenvalue weighted by molar-refractivity contribution is -0.137. The molecule has 0 atom stereocenters. The number of aromatic nitrogens is 6. The van der Waals surface area contributed by atoms with Crippen LogP contribution >= 0.6 is 12.4 Å². The first-order valence-corrected chi connectivity index (χ1v) is 19.1. The van der Waals surface area contributed by atoms with Crippen molar-refractivity contribution in [1.29, 1.82) is 10.5 Å². The van der Waals surface area contributed by atoms with Crippen LogP contribution in [0.2, 0.25) is 0 Å². The monoisotopic (exact) mass is 830 g/mol. The normalized spacial score (nSPS) is 13.4. The van der Waals surface area contributed by atoms with Gasteiger partial charge in [0.25, 0.3) is 11.1 Å². The number of nitrogens with zero attached hydrogens (tertiary/aromatic N) is 9. The summed E-state index contributed by atoms with van der Waals surface area (Å²) in [5, 5.41) is 30.4. The molecule has 60 heavy (non-hydrogen) atoms. The molecule has 8 rings (SSSR count). The number of nitriles is 2. The van der Waals surface area contributed by atoms with Gasteiger partial charge in [0.2, 0.25) is 5.91 Å². The molecule has 2 aliphatic heterocycles. The first-order valence-electron chi connectivity index (χ1n) is 19.1. The number of carboxylic acids is 1. The van der Waals surface area contributed by atoms with Gasteiger partial charge in [-0.15, -0.1) is 12.4 Å². The van der Waals surface area contributed by atoms with Gasteiger partial charge in [-0.1, -0.05) is 24.3 Å². The van der Waals surface area contributed by atoms with Crippen molar-refractivity contribution in [3.8, 4) is 12.1 Å². The van der Waals surface area contributed by atoms with Gasteiger partial charge in [0, 0.05) is 84.0 Å². The standard InChI is InChI=1S/C21H20N6O2.C11H10N2O3.C10H12N4.ClH/c22-13-15-5-7-19(23-14-15)26-9-11-27(12-10-26)20(28)8-6-18-24-17-4-2-1-3-16(17)21(29)25-18;14-10(15)6-5-9-12-8-4-2-1-3-7(8)11(16)13-9;11-7-9-1-2-10(13-8-9)14-5-3-12-4-6-14;/h1-5,7,14H,6,8-12H2,(H,24,25,29);1-4H,5-6H2,(H,14,15)(H,12,13,16);1-2,8,12H,3-6H2;1H. The maximum Gasteiger partial charge on any atom is 0.303 e. The highest BCUT2D eigenvalue weighted by atomic mass is 35.5. The number of para-hydroxylation sites is 2. The Morgan fingerprint density at radius 2 is 1.12 bits per heavy atom. The van der Waals surface area contributed by atoms with Crippen molar-refractivity contribution in [2.45, 2.75) is 25.7 Å². The summed E-state index contributed by atoms with van der Waals surface area (Å²) in [5.41, 5.74) is 1.97. The predicted octanol–water partition coefficient (Wildman–Crippen LogP) is 3.20. The van der Waals surface area contributed by atoms with Crippen LogP contribution in [0.25, 0.3) is 21.8 Å². The number of rotatable bonds is 8. The highest BCUT2D eigenvalue weighted by molar-refractivity contribution is 5.85. The maximum atomic E-state index is 12.6. The third-order valence-corrected chi connectivity index (χ3v) is 9.63. The second-order valence-electron chi connectivity index (χ2n) is 13.6. The number of carbonyl (C=O) groups is 2. The van der Waals surface area contributed by atoms with E-state index >= 15 is 0 Å². The molecule has 18 heteroatoms. The number of halogens is 1. The summed E-state index contributed by atoms with van der Waals surface area (Å²) in [6.45, 7) is 6.58. The summed E-state index contributed by atoms with van der Waals surface area (Å²) in [5.74, 6) is 1.86. The number of amides is 1. The minimum absolute atomic E-state index is 0. The fraction of sp³-hybridized carbons (Fsp3) is 0.286. The fourth-order valence-electron chi connectivity index (χ4n) is 6.47. The molecule has 6 heterocycles. The Labute approximate surface area is 350 Å². The van der Waals surface area contributed by atoms with Gasteiger partial charge in [0.05, 0.1) is 39.4 Å². The molecule has 2 aliphatic rings. The van der Waals surface area contributed by atoms with Gasteiger partial charge in [0.15, 0.2) is 0 Å². The molecule has 17 nitrogen and oxygen atoms in total.